The molecule has 4 aromatic carbocycles. The van der Waals surface area contributed by atoms with Crippen molar-refractivity contribution >= 4 is 23.9 Å². The maximum absolute atomic E-state index is 13.6. The maximum Gasteiger partial charge on any atom is 0.338 e. The van der Waals surface area contributed by atoms with Crippen molar-refractivity contribution in [2.24, 2.45) is 0 Å². The molecule has 1 fully saturated rings. The van der Waals surface area contributed by atoms with E-state index >= 15 is 0 Å². The van der Waals surface area contributed by atoms with Crippen molar-refractivity contribution in [3.8, 4) is 0 Å². The van der Waals surface area contributed by atoms with Crippen LogP contribution in [0, 0.1) is 20.8 Å². The number of aryl methyl sites for hydroxylation is 3. The monoisotopic (exact) mass is 666 g/mol. The topological polar surface area (TPSA) is 124 Å². The van der Waals surface area contributed by atoms with Gasteiger partial charge in [0.1, 0.15) is 6.10 Å². The molecule has 10 nitrogen and oxygen atoms in total. The minimum atomic E-state index is -2.22. The molecule has 10 heteroatoms. The molecule has 0 unspecified atom stereocenters. The van der Waals surface area contributed by atoms with Crippen LogP contribution in [0.4, 0.5) is 0 Å². The normalized spacial score (nSPS) is 19.9. The molecule has 0 saturated carbocycles. The highest BCUT2D eigenvalue weighted by atomic mass is 16.8. The molecule has 0 amide bonds. The van der Waals surface area contributed by atoms with E-state index in [2.05, 4.69) is 0 Å². The van der Waals surface area contributed by atoms with E-state index in [-0.39, 0.29) is 29.9 Å². The predicted molar refractivity (Wildman–Crippen MR) is 178 cm³/mol. The van der Waals surface area contributed by atoms with Gasteiger partial charge in [0.2, 0.25) is 6.10 Å². The van der Waals surface area contributed by atoms with Crippen molar-refractivity contribution in [3.63, 3.8) is 0 Å². The van der Waals surface area contributed by atoms with Gasteiger partial charge in [0.05, 0.1) is 29.9 Å². The van der Waals surface area contributed by atoms with E-state index in [4.69, 9.17) is 28.4 Å². The highest BCUT2D eigenvalue weighted by Gasteiger charge is 2.63. The summed E-state index contributed by atoms with van der Waals surface area (Å²) in [6.45, 7) is 6.07. The smallest absolute Gasteiger partial charge is 0.338 e. The minimum absolute atomic E-state index is 0.172. The lowest BCUT2D eigenvalue weighted by Crippen LogP contribution is -2.53. The van der Waals surface area contributed by atoms with Gasteiger partial charge in [0.25, 0.3) is 5.79 Å². The summed E-state index contributed by atoms with van der Waals surface area (Å²) in [6.07, 6.45) is -4.08. The van der Waals surface area contributed by atoms with Crippen LogP contribution in [0.5, 0.6) is 0 Å². The minimum Gasteiger partial charge on any atom is -0.455 e. The summed E-state index contributed by atoms with van der Waals surface area (Å²) in [5.41, 5.74) is 4.31. The number of hydrogen-bond donors (Lipinski definition) is 0. The molecule has 1 aliphatic heterocycles. The molecule has 254 valence electrons. The van der Waals surface area contributed by atoms with Crippen LogP contribution in [0.15, 0.2) is 103 Å². The molecule has 49 heavy (non-hydrogen) atoms. The summed E-state index contributed by atoms with van der Waals surface area (Å²) in [6, 6.07) is 29.4. The first-order valence-corrected chi connectivity index (χ1v) is 15.8. The van der Waals surface area contributed by atoms with Crippen LogP contribution in [0.1, 0.15) is 60.3 Å². The van der Waals surface area contributed by atoms with Crippen LogP contribution in [0.25, 0.3) is 0 Å². The molecule has 4 atom stereocenters. The largest absolute Gasteiger partial charge is 0.455 e. The van der Waals surface area contributed by atoms with Crippen LogP contribution in [0.2, 0.25) is 0 Å². The third kappa shape index (κ3) is 8.98. The number of rotatable bonds is 12. The fourth-order valence-electron chi connectivity index (χ4n) is 5.29. The fraction of sp³-hybridized carbons (Fsp3) is 0.282. The Kier molecular flexibility index (Phi) is 11.2. The zero-order chi connectivity index (χ0) is 35.0. The Balaban J connectivity index is 1.51. The number of carbonyl (C=O) groups excluding carboxylic acids is 4. The van der Waals surface area contributed by atoms with Crippen LogP contribution < -0.4 is 0 Å². The third-order valence-corrected chi connectivity index (χ3v) is 7.90. The van der Waals surface area contributed by atoms with Gasteiger partial charge in [-0.2, -0.15) is 0 Å². The van der Waals surface area contributed by atoms with E-state index in [1.165, 1.54) is 0 Å². The van der Waals surface area contributed by atoms with Crippen molar-refractivity contribution in [1.82, 2.24) is 0 Å². The van der Waals surface area contributed by atoms with Gasteiger partial charge in [0, 0.05) is 6.92 Å². The second-order valence-electron chi connectivity index (χ2n) is 11.9. The predicted octanol–water partition coefficient (Wildman–Crippen LogP) is 6.09. The molecule has 5 rings (SSSR count). The average molecular weight is 667 g/mol. The number of esters is 4. The van der Waals surface area contributed by atoms with Gasteiger partial charge in [-0.1, -0.05) is 83.4 Å². The zero-order valence-corrected chi connectivity index (χ0v) is 27.8. The highest BCUT2D eigenvalue weighted by molar-refractivity contribution is 5.91. The summed E-state index contributed by atoms with van der Waals surface area (Å²) >= 11 is 0. The lowest BCUT2D eigenvalue weighted by atomic mass is 10.0. The van der Waals surface area contributed by atoms with E-state index in [0.29, 0.717) is 0 Å². The summed E-state index contributed by atoms with van der Waals surface area (Å²) in [5, 5.41) is 0. The SMILES string of the molecule is CC(=O)O[C@]1(COC(=O)c2ccc(C)cc2)O[C@H](COCc2ccccc2)[C@@H](OC(=O)c2ccc(C)cc2)[C@H]1OC(=O)c1ccc(C)cc1. The molecule has 0 aliphatic carbocycles. The Bertz CT molecular complexity index is 1750. The van der Waals surface area contributed by atoms with Gasteiger partial charge in [-0.3, -0.25) is 4.79 Å². The van der Waals surface area contributed by atoms with Gasteiger partial charge in [0.15, 0.2) is 12.7 Å². The lowest BCUT2D eigenvalue weighted by Gasteiger charge is -2.33. The molecule has 1 heterocycles. The quantitative estimate of drug-likeness (QED) is 0.130. The number of ether oxygens (including phenoxy) is 6. The maximum atomic E-state index is 13.6. The first kappa shape index (κ1) is 35.0. The Morgan fingerprint density at radius 2 is 1.14 bits per heavy atom. The first-order chi connectivity index (χ1) is 23.5. The Morgan fingerprint density at radius 3 is 1.65 bits per heavy atom. The van der Waals surface area contributed by atoms with E-state index in [1.807, 2.05) is 51.1 Å². The second kappa shape index (κ2) is 15.7. The van der Waals surface area contributed by atoms with Crippen molar-refractivity contribution in [2.45, 2.75) is 58.4 Å². The Morgan fingerprint density at radius 1 is 0.653 bits per heavy atom. The van der Waals surface area contributed by atoms with Crippen LogP contribution in [-0.2, 0) is 39.8 Å². The molecule has 1 saturated heterocycles. The standard InChI is InChI=1S/C39H38O10/c1-25-10-16-30(17-11-25)36(41)45-24-39(48-28(4)40)35(47-38(43)32-20-14-27(3)15-21-32)34(46-37(42)31-18-12-26(2)13-19-31)33(49-39)23-44-22-29-8-6-5-7-9-29/h5-21,33-35H,22-24H2,1-4H3/t33-,34-,35-,39-/m1/s1. The second-order valence-corrected chi connectivity index (χ2v) is 11.9. The van der Waals surface area contributed by atoms with Crippen molar-refractivity contribution < 1.29 is 47.6 Å². The summed E-state index contributed by atoms with van der Waals surface area (Å²) in [4.78, 5) is 53.0. The number of carbonyl (C=O) groups is 4. The van der Waals surface area contributed by atoms with E-state index in [0.717, 1.165) is 29.2 Å². The summed E-state index contributed by atoms with van der Waals surface area (Å²) < 4.78 is 35.7. The first-order valence-electron chi connectivity index (χ1n) is 15.8. The van der Waals surface area contributed by atoms with Crippen molar-refractivity contribution in [1.29, 1.82) is 0 Å². The molecule has 0 spiro atoms. The van der Waals surface area contributed by atoms with Crippen molar-refractivity contribution in [2.75, 3.05) is 13.2 Å². The zero-order valence-electron chi connectivity index (χ0n) is 27.8. The molecule has 4 aromatic rings. The van der Waals surface area contributed by atoms with Gasteiger partial charge in [-0.15, -0.1) is 0 Å². The number of hydrogen-bond acceptors (Lipinski definition) is 10. The van der Waals surface area contributed by atoms with Crippen LogP contribution >= 0.6 is 0 Å². The highest BCUT2D eigenvalue weighted by Crippen LogP contribution is 2.39. The fourth-order valence-corrected chi connectivity index (χ4v) is 5.29. The molecule has 0 N–H and O–H groups in total. The molecular weight excluding hydrogens is 628 g/mol. The molecule has 0 radical (unpaired) electrons. The van der Waals surface area contributed by atoms with Gasteiger partial charge in [-0.25, -0.2) is 14.4 Å². The molecule has 0 bridgehead atoms. The Labute approximate surface area is 284 Å². The average Bonchev–Trinajstić information content (AvgIpc) is 3.35. The molecule has 0 aromatic heterocycles. The van der Waals surface area contributed by atoms with Gasteiger partial charge in [-0.05, 0) is 62.7 Å². The Hall–Kier alpha value is -5.32. The lowest BCUT2D eigenvalue weighted by molar-refractivity contribution is -0.263. The summed E-state index contributed by atoms with van der Waals surface area (Å²) in [5.74, 6) is -5.33. The molecule has 1 aliphatic rings. The van der Waals surface area contributed by atoms with E-state index in [1.54, 1.807) is 72.8 Å². The van der Waals surface area contributed by atoms with Crippen LogP contribution in [0.3, 0.4) is 0 Å². The van der Waals surface area contributed by atoms with Crippen molar-refractivity contribution in [3.05, 3.63) is 142 Å². The third-order valence-electron chi connectivity index (χ3n) is 7.90. The molecular formula is C39H38O10. The number of benzene rings is 4. The van der Waals surface area contributed by atoms with E-state index < -0.39 is 54.6 Å². The van der Waals surface area contributed by atoms with E-state index in [9.17, 15) is 19.2 Å². The van der Waals surface area contributed by atoms with Gasteiger partial charge >= 0.3 is 23.9 Å². The van der Waals surface area contributed by atoms with Crippen LogP contribution in [-0.4, -0.2) is 61.2 Å². The summed E-state index contributed by atoms with van der Waals surface area (Å²) in [7, 11) is 0. The van der Waals surface area contributed by atoms with Gasteiger partial charge < -0.3 is 28.4 Å².